The van der Waals surface area contributed by atoms with E-state index >= 15 is 0 Å². The minimum atomic E-state index is -0.792. The number of unbranched alkanes of at least 4 members (excludes halogenated alkanes) is 16. The highest BCUT2D eigenvalue weighted by Gasteiger charge is 2.19. The first kappa shape index (κ1) is 46.4. The lowest BCUT2D eigenvalue weighted by Crippen LogP contribution is -2.30. The predicted octanol–water partition coefficient (Wildman–Crippen LogP) is 12.4. The van der Waals surface area contributed by atoms with Crippen LogP contribution in [0.15, 0.2) is 48.6 Å². The van der Waals surface area contributed by atoms with Crippen molar-refractivity contribution < 1.29 is 28.6 Å². The number of carbonyl (C=O) groups is 3. The number of ether oxygens (including phenoxy) is 3. The zero-order chi connectivity index (χ0) is 35.9. The van der Waals surface area contributed by atoms with E-state index in [0.29, 0.717) is 19.3 Å². The molecule has 0 aliphatic rings. The normalized spacial score (nSPS) is 12.5. The van der Waals surface area contributed by atoms with Gasteiger partial charge in [-0.2, -0.15) is 0 Å². The van der Waals surface area contributed by atoms with Crippen LogP contribution >= 0.6 is 0 Å². The van der Waals surface area contributed by atoms with Crippen molar-refractivity contribution in [1.82, 2.24) is 0 Å². The Bertz CT molecular complexity index is 887. The molecule has 0 spiro atoms. The first-order valence-corrected chi connectivity index (χ1v) is 20.1. The molecule has 0 aliphatic heterocycles. The summed E-state index contributed by atoms with van der Waals surface area (Å²) in [5.41, 5.74) is 0. The zero-order valence-corrected chi connectivity index (χ0v) is 31.9. The third-order valence-corrected chi connectivity index (χ3v) is 8.36. The molecule has 0 saturated carbocycles. The van der Waals surface area contributed by atoms with Gasteiger partial charge in [0.15, 0.2) is 6.10 Å². The highest BCUT2D eigenvalue weighted by molar-refractivity contribution is 5.71. The van der Waals surface area contributed by atoms with Gasteiger partial charge in [0.05, 0.1) is 0 Å². The molecule has 0 fully saturated rings. The molecule has 282 valence electrons. The molecule has 1 atom stereocenters. The Labute approximate surface area is 301 Å². The Hall–Kier alpha value is -2.63. The fourth-order valence-corrected chi connectivity index (χ4v) is 5.34. The van der Waals surface area contributed by atoms with Crippen molar-refractivity contribution in [3.05, 3.63) is 48.6 Å². The Morgan fingerprint density at radius 2 is 0.796 bits per heavy atom. The second-order valence-corrected chi connectivity index (χ2v) is 13.2. The molecule has 0 aromatic rings. The summed E-state index contributed by atoms with van der Waals surface area (Å²) in [6.45, 7) is 6.39. The maximum Gasteiger partial charge on any atom is 0.306 e. The number of hydrogen-bond acceptors (Lipinski definition) is 6. The van der Waals surface area contributed by atoms with Gasteiger partial charge in [-0.3, -0.25) is 14.4 Å². The fraction of sp³-hybridized carbons (Fsp3) is 0.744. The van der Waals surface area contributed by atoms with Crippen LogP contribution in [0.3, 0.4) is 0 Å². The molecule has 6 nitrogen and oxygen atoms in total. The van der Waals surface area contributed by atoms with Crippen LogP contribution < -0.4 is 0 Å². The molecular weight excluding hydrogens is 612 g/mol. The molecule has 1 unspecified atom stereocenters. The summed E-state index contributed by atoms with van der Waals surface area (Å²) < 4.78 is 16.5. The highest BCUT2D eigenvalue weighted by atomic mass is 16.6. The molecule has 49 heavy (non-hydrogen) atoms. The van der Waals surface area contributed by atoms with Gasteiger partial charge in [-0.25, -0.2) is 0 Å². The van der Waals surface area contributed by atoms with Gasteiger partial charge in [0.1, 0.15) is 13.2 Å². The molecule has 0 radical (unpaired) electrons. The van der Waals surface area contributed by atoms with Gasteiger partial charge in [-0.15, -0.1) is 0 Å². The lowest BCUT2D eigenvalue weighted by Gasteiger charge is -2.18. The van der Waals surface area contributed by atoms with Crippen molar-refractivity contribution in [2.45, 2.75) is 194 Å². The van der Waals surface area contributed by atoms with Crippen molar-refractivity contribution in [3.63, 3.8) is 0 Å². The minimum absolute atomic E-state index is 0.0933. The summed E-state index contributed by atoms with van der Waals surface area (Å²) in [6.07, 6.45) is 42.5. The van der Waals surface area contributed by atoms with E-state index < -0.39 is 6.10 Å². The summed E-state index contributed by atoms with van der Waals surface area (Å²) in [5.74, 6) is -0.990. The molecule has 0 aliphatic carbocycles. The summed E-state index contributed by atoms with van der Waals surface area (Å²) in [4.78, 5) is 37.4. The first-order valence-electron chi connectivity index (χ1n) is 20.1. The molecule has 0 amide bonds. The van der Waals surface area contributed by atoms with Crippen molar-refractivity contribution in [2.75, 3.05) is 13.2 Å². The molecule has 0 N–H and O–H groups in total. The molecule has 6 heteroatoms. The predicted molar refractivity (Wildman–Crippen MR) is 205 cm³/mol. The third-order valence-electron chi connectivity index (χ3n) is 8.36. The second kappa shape index (κ2) is 38.2. The van der Waals surface area contributed by atoms with Gasteiger partial charge in [-0.05, 0) is 44.9 Å². The number of hydrogen-bond donors (Lipinski definition) is 0. The van der Waals surface area contributed by atoms with E-state index in [1.807, 2.05) is 12.2 Å². The van der Waals surface area contributed by atoms with E-state index in [1.54, 1.807) is 0 Å². The van der Waals surface area contributed by atoms with Crippen LogP contribution in [0.2, 0.25) is 0 Å². The van der Waals surface area contributed by atoms with E-state index in [-0.39, 0.29) is 37.5 Å². The smallest absolute Gasteiger partial charge is 0.306 e. The monoisotopic (exact) mass is 687 g/mol. The average Bonchev–Trinajstić information content (AvgIpc) is 3.10. The largest absolute Gasteiger partial charge is 0.462 e. The van der Waals surface area contributed by atoms with E-state index in [0.717, 1.165) is 64.2 Å². The lowest BCUT2D eigenvalue weighted by atomic mass is 10.1. The van der Waals surface area contributed by atoms with Crippen LogP contribution in [-0.2, 0) is 28.6 Å². The van der Waals surface area contributed by atoms with E-state index in [1.165, 1.54) is 77.0 Å². The van der Waals surface area contributed by atoms with Crippen LogP contribution in [0.1, 0.15) is 188 Å². The Balaban J connectivity index is 4.47. The van der Waals surface area contributed by atoms with Crippen molar-refractivity contribution in [1.29, 1.82) is 0 Å². The average molecular weight is 687 g/mol. The topological polar surface area (TPSA) is 78.9 Å². The van der Waals surface area contributed by atoms with Gasteiger partial charge >= 0.3 is 17.9 Å². The lowest BCUT2D eigenvalue weighted by molar-refractivity contribution is -0.166. The minimum Gasteiger partial charge on any atom is -0.462 e. The maximum atomic E-state index is 12.6. The highest BCUT2D eigenvalue weighted by Crippen LogP contribution is 2.13. The van der Waals surface area contributed by atoms with Crippen LogP contribution in [-0.4, -0.2) is 37.2 Å². The Kier molecular flexibility index (Phi) is 36.1. The van der Waals surface area contributed by atoms with E-state index in [4.69, 9.17) is 14.2 Å². The van der Waals surface area contributed by atoms with Crippen molar-refractivity contribution in [2.24, 2.45) is 0 Å². The van der Waals surface area contributed by atoms with Gasteiger partial charge < -0.3 is 14.2 Å². The molecule has 0 aromatic carbocycles. The standard InChI is InChI=1S/C43H74O6/c1-4-7-10-13-16-19-20-21-22-25-27-30-33-36-42(45)48-39-40(49-43(46)37-34-31-28-24-18-15-12-9-6-3)38-47-41(44)35-32-29-26-23-17-14-11-8-5-2/h7,10,16,19,21-22,27,30,40H,4-6,8-9,11-15,17-18,20,23-26,28-29,31-39H2,1-3H3/b10-7-,19-16-,22-21-,30-27-. The van der Waals surface area contributed by atoms with Gasteiger partial charge in [0.25, 0.3) is 0 Å². The fourth-order valence-electron chi connectivity index (χ4n) is 5.34. The molecule has 0 heterocycles. The zero-order valence-electron chi connectivity index (χ0n) is 31.9. The van der Waals surface area contributed by atoms with E-state index in [2.05, 4.69) is 57.2 Å². The number of rotatable bonds is 35. The summed E-state index contributed by atoms with van der Waals surface area (Å²) >= 11 is 0. The number of esters is 3. The Morgan fingerprint density at radius 1 is 0.429 bits per heavy atom. The molecule has 0 bridgehead atoms. The first-order chi connectivity index (χ1) is 24.0. The number of allylic oxidation sites excluding steroid dienone is 8. The molecule has 0 saturated heterocycles. The van der Waals surface area contributed by atoms with Gasteiger partial charge in [0, 0.05) is 19.3 Å². The van der Waals surface area contributed by atoms with Crippen LogP contribution in [0.5, 0.6) is 0 Å². The second-order valence-electron chi connectivity index (χ2n) is 13.2. The van der Waals surface area contributed by atoms with Gasteiger partial charge in [0.2, 0.25) is 0 Å². The van der Waals surface area contributed by atoms with Gasteiger partial charge in [-0.1, -0.05) is 172 Å². The quantitative estimate of drug-likeness (QED) is 0.0286. The van der Waals surface area contributed by atoms with Crippen LogP contribution in [0.25, 0.3) is 0 Å². The summed E-state index contributed by atoms with van der Waals surface area (Å²) in [5, 5.41) is 0. The summed E-state index contributed by atoms with van der Waals surface area (Å²) in [6, 6.07) is 0. The van der Waals surface area contributed by atoms with E-state index in [9.17, 15) is 14.4 Å². The van der Waals surface area contributed by atoms with Crippen molar-refractivity contribution in [3.8, 4) is 0 Å². The van der Waals surface area contributed by atoms with Crippen molar-refractivity contribution >= 4 is 17.9 Å². The SMILES string of the molecule is CC/C=C\C/C=C\C/C=C\C/C=C\CCC(=O)OCC(COC(=O)CCCCCCCCCCC)OC(=O)CCCCCCCCCCC. The summed E-state index contributed by atoms with van der Waals surface area (Å²) in [7, 11) is 0. The molecule has 0 rings (SSSR count). The van der Waals surface area contributed by atoms with Crippen LogP contribution in [0, 0.1) is 0 Å². The Morgan fingerprint density at radius 3 is 1.24 bits per heavy atom. The molecule has 0 aromatic heterocycles. The maximum absolute atomic E-state index is 12.6. The third kappa shape index (κ3) is 36.5. The van der Waals surface area contributed by atoms with Crippen LogP contribution in [0.4, 0.5) is 0 Å². The number of carbonyl (C=O) groups excluding carboxylic acids is 3. The molecular formula is C43H74O6.